The number of aryl methyl sites for hydroxylation is 1. The predicted octanol–water partition coefficient (Wildman–Crippen LogP) is 5.41. The molecule has 19 heavy (non-hydrogen) atoms. The monoisotopic (exact) mass is 258 g/mol. The summed E-state index contributed by atoms with van der Waals surface area (Å²) in [7, 11) is 0. The number of phenolic OH excluding ortho intramolecular Hbond substituents is 1. The molecule has 0 fully saturated rings. The molecule has 0 saturated heterocycles. The van der Waals surface area contributed by atoms with Crippen LogP contribution in [0.5, 0.6) is 5.75 Å². The van der Waals surface area contributed by atoms with Crippen molar-refractivity contribution in [2.45, 2.75) is 51.9 Å². The van der Waals surface area contributed by atoms with Crippen molar-refractivity contribution in [3.05, 3.63) is 54.1 Å². The summed E-state index contributed by atoms with van der Waals surface area (Å²) < 4.78 is 0. The van der Waals surface area contributed by atoms with Crippen LogP contribution < -0.4 is 0 Å². The summed E-state index contributed by atoms with van der Waals surface area (Å²) in [5.41, 5.74) is 1.27. The van der Waals surface area contributed by atoms with Crippen molar-refractivity contribution >= 4 is 0 Å². The molecule has 0 saturated carbocycles. The zero-order chi connectivity index (χ0) is 13.8. The minimum atomic E-state index is 0.338. The first kappa shape index (κ1) is 15.6. The van der Waals surface area contributed by atoms with Crippen molar-refractivity contribution in [3.8, 4) is 5.75 Å². The second-order valence-electron chi connectivity index (χ2n) is 4.91. The van der Waals surface area contributed by atoms with E-state index in [4.69, 9.17) is 0 Å². The smallest absolute Gasteiger partial charge is 0.115 e. The van der Waals surface area contributed by atoms with Gasteiger partial charge in [0, 0.05) is 0 Å². The minimum Gasteiger partial charge on any atom is -0.508 e. The van der Waals surface area contributed by atoms with Gasteiger partial charge in [-0.2, -0.15) is 0 Å². The molecule has 0 aliphatic heterocycles. The number of aromatic hydroxyl groups is 1. The van der Waals surface area contributed by atoms with Crippen molar-refractivity contribution in [2.24, 2.45) is 0 Å². The maximum absolute atomic E-state index is 9.18. The molecular weight excluding hydrogens is 232 g/mol. The van der Waals surface area contributed by atoms with E-state index < -0.39 is 0 Å². The zero-order valence-corrected chi connectivity index (χ0v) is 12.0. The molecule has 0 radical (unpaired) electrons. The largest absolute Gasteiger partial charge is 0.508 e. The van der Waals surface area contributed by atoms with Gasteiger partial charge in [-0.25, -0.2) is 0 Å². The van der Waals surface area contributed by atoms with Gasteiger partial charge in [0.2, 0.25) is 0 Å². The average molecular weight is 258 g/mol. The number of hydrogen-bond donors (Lipinski definition) is 1. The Morgan fingerprint density at radius 2 is 1.58 bits per heavy atom. The highest BCUT2D eigenvalue weighted by Gasteiger charge is 1.91. The van der Waals surface area contributed by atoms with Crippen LogP contribution in [-0.4, -0.2) is 5.11 Å². The maximum Gasteiger partial charge on any atom is 0.115 e. The highest BCUT2D eigenvalue weighted by atomic mass is 16.3. The van der Waals surface area contributed by atoms with E-state index in [0.717, 1.165) is 12.8 Å². The van der Waals surface area contributed by atoms with Gasteiger partial charge in [-0.15, -0.1) is 0 Å². The van der Waals surface area contributed by atoms with Crippen LogP contribution in [0.4, 0.5) is 0 Å². The van der Waals surface area contributed by atoms with Crippen LogP contribution in [0.1, 0.15) is 51.0 Å². The maximum atomic E-state index is 9.18. The van der Waals surface area contributed by atoms with E-state index in [9.17, 15) is 5.11 Å². The molecule has 1 aromatic rings. The van der Waals surface area contributed by atoms with Crippen molar-refractivity contribution in [1.29, 1.82) is 0 Å². The number of unbranched alkanes of at least 4 members (excludes halogenated alkanes) is 4. The summed E-state index contributed by atoms with van der Waals surface area (Å²) in [4.78, 5) is 0. The Balaban J connectivity index is 2.07. The Kier molecular flexibility index (Phi) is 8.54. The quantitative estimate of drug-likeness (QED) is 0.464. The Morgan fingerprint density at radius 3 is 2.26 bits per heavy atom. The van der Waals surface area contributed by atoms with Crippen LogP contribution in [0.2, 0.25) is 0 Å². The Labute approximate surface area is 117 Å². The second kappa shape index (κ2) is 10.4. The van der Waals surface area contributed by atoms with E-state index in [1.165, 1.54) is 37.7 Å². The van der Waals surface area contributed by atoms with Gasteiger partial charge in [0.25, 0.3) is 0 Å². The van der Waals surface area contributed by atoms with E-state index in [1.54, 1.807) is 12.1 Å². The molecule has 0 unspecified atom stereocenters. The molecule has 0 bridgehead atoms. The van der Waals surface area contributed by atoms with Gasteiger partial charge in [-0.3, -0.25) is 0 Å². The highest BCUT2D eigenvalue weighted by molar-refractivity contribution is 5.26. The molecular formula is C18H26O. The van der Waals surface area contributed by atoms with Crippen LogP contribution in [0, 0.1) is 0 Å². The lowest BCUT2D eigenvalue weighted by atomic mass is 10.1. The van der Waals surface area contributed by atoms with Gasteiger partial charge >= 0.3 is 0 Å². The summed E-state index contributed by atoms with van der Waals surface area (Å²) in [5.74, 6) is 0.338. The highest BCUT2D eigenvalue weighted by Crippen LogP contribution is 2.11. The standard InChI is InChI=1S/C18H26O/c1-2-3-4-5-6-7-8-9-10-11-12-17-13-15-18(19)16-14-17/h7-10,13-16,19H,2-6,11-12H2,1H3. The van der Waals surface area contributed by atoms with Gasteiger partial charge in [0.15, 0.2) is 0 Å². The predicted molar refractivity (Wildman–Crippen MR) is 83.5 cm³/mol. The molecule has 0 aromatic heterocycles. The summed E-state index contributed by atoms with van der Waals surface area (Å²) >= 11 is 0. The van der Waals surface area contributed by atoms with Crippen molar-refractivity contribution in [2.75, 3.05) is 0 Å². The lowest BCUT2D eigenvalue weighted by molar-refractivity contribution is 0.475. The Morgan fingerprint density at radius 1 is 0.895 bits per heavy atom. The summed E-state index contributed by atoms with van der Waals surface area (Å²) in [6.07, 6.45) is 17.4. The molecule has 1 aromatic carbocycles. The number of hydrogen-bond acceptors (Lipinski definition) is 1. The molecule has 104 valence electrons. The average Bonchev–Trinajstić information content (AvgIpc) is 2.43. The minimum absolute atomic E-state index is 0.338. The molecule has 0 aliphatic rings. The lowest BCUT2D eigenvalue weighted by Crippen LogP contribution is -1.81. The SMILES string of the molecule is CCCCCCC=CC=CCCc1ccc(O)cc1. The molecule has 1 N–H and O–H groups in total. The first-order valence-corrected chi connectivity index (χ1v) is 7.42. The second-order valence-corrected chi connectivity index (χ2v) is 4.91. The third kappa shape index (κ3) is 8.25. The fourth-order valence-corrected chi connectivity index (χ4v) is 1.95. The van der Waals surface area contributed by atoms with Crippen LogP contribution in [-0.2, 0) is 6.42 Å². The lowest BCUT2D eigenvalue weighted by Gasteiger charge is -1.97. The Bertz CT molecular complexity index is 373. The first-order valence-electron chi connectivity index (χ1n) is 7.42. The normalized spacial score (nSPS) is 11.6. The van der Waals surface area contributed by atoms with E-state index in [0.29, 0.717) is 5.75 Å². The third-order valence-electron chi connectivity index (χ3n) is 3.14. The van der Waals surface area contributed by atoms with Crippen molar-refractivity contribution in [1.82, 2.24) is 0 Å². The molecule has 1 heteroatoms. The van der Waals surface area contributed by atoms with E-state index in [-0.39, 0.29) is 0 Å². The van der Waals surface area contributed by atoms with Crippen LogP contribution in [0.25, 0.3) is 0 Å². The van der Waals surface area contributed by atoms with E-state index in [1.807, 2.05) is 12.1 Å². The molecule has 0 amide bonds. The number of rotatable bonds is 9. The summed E-state index contributed by atoms with van der Waals surface area (Å²) in [6.45, 7) is 2.24. The summed E-state index contributed by atoms with van der Waals surface area (Å²) in [5, 5.41) is 9.18. The van der Waals surface area contributed by atoms with E-state index >= 15 is 0 Å². The number of phenols is 1. The first-order chi connectivity index (χ1) is 9.33. The zero-order valence-electron chi connectivity index (χ0n) is 12.0. The molecule has 0 aliphatic carbocycles. The van der Waals surface area contributed by atoms with Gasteiger partial charge in [0.1, 0.15) is 5.75 Å². The molecule has 0 spiro atoms. The topological polar surface area (TPSA) is 20.2 Å². The summed E-state index contributed by atoms with van der Waals surface area (Å²) in [6, 6.07) is 7.45. The number of benzene rings is 1. The fraction of sp³-hybridized carbons (Fsp3) is 0.444. The van der Waals surface area contributed by atoms with Gasteiger partial charge < -0.3 is 5.11 Å². The molecule has 1 rings (SSSR count). The molecule has 1 nitrogen and oxygen atoms in total. The van der Waals surface area contributed by atoms with Crippen molar-refractivity contribution < 1.29 is 5.11 Å². The van der Waals surface area contributed by atoms with Gasteiger partial charge in [-0.05, 0) is 43.4 Å². The van der Waals surface area contributed by atoms with Gasteiger partial charge in [-0.1, -0.05) is 62.6 Å². The van der Waals surface area contributed by atoms with Crippen LogP contribution in [0.3, 0.4) is 0 Å². The van der Waals surface area contributed by atoms with Crippen molar-refractivity contribution in [3.63, 3.8) is 0 Å². The molecule has 0 heterocycles. The van der Waals surface area contributed by atoms with Gasteiger partial charge in [0.05, 0.1) is 0 Å². The molecule has 0 atom stereocenters. The van der Waals surface area contributed by atoms with E-state index in [2.05, 4.69) is 31.2 Å². The van der Waals surface area contributed by atoms with Crippen LogP contribution in [0.15, 0.2) is 48.6 Å². The Hall–Kier alpha value is -1.50. The number of allylic oxidation sites excluding steroid dienone is 4. The fourth-order valence-electron chi connectivity index (χ4n) is 1.95. The van der Waals surface area contributed by atoms with Crippen LogP contribution >= 0.6 is 0 Å². The third-order valence-corrected chi connectivity index (χ3v) is 3.14.